The first-order chi connectivity index (χ1) is 9.97. The van der Waals surface area contributed by atoms with Crippen molar-refractivity contribution in [3.05, 3.63) is 64.7 Å². The van der Waals surface area contributed by atoms with Crippen molar-refractivity contribution in [1.82, 2.24) is 0 Å². The number of benzene rings is 2. The summed E-state index contributed by atoms with van der Waals surface area (Å²) in [5.74, 6) is 0.304. The molecule has 0 fully saturated rings. The lowest BCUT2D eigenvalue weighted by molar-refractivity contribution is 0.102. The van der Waals surface area contributed by atoms with Crippen LogP contribution in [-0.2, 0) is 10.8 Å². The van der Waals surface area contributed by atoms with Crippen LogP contribution in [0.15, 0.2) is 53.4 Å². The summed E-state index contributed by atoms with van der Waals surface area (Å²) in [5, 5.41) is 0.589. The van der Waals surface area contributed by atoms with Gasteiger partial charge in [-0.1, -0.05) is 49.7 Å². The molecule has 110 valence electrons. The predicted molar refractivity (Wildman–Crippen MR) is 87.6 cm³/mol. The van der Waals surface area contributed by atoms with Gasteiger partial charge < -0.3 is 0 Å². The van der Waals surface area contributed by atoms with E-state index in [-0.39, 0.29) is 11.5 Å². The van der Waals surface area contributed by atoms with E-state index >= 15 is 0 Å². The number of ketones is 1. The number of halogens is 1. The Morgan fingerprint density at radius 3 is 2.14 bits per heavy atom. The molecule has 0 spiro atoms. The number of Topliss-reactive ketones (excluding diaryl/α,β-unsaturated/α-hetero) is 1. The number of hydrogen-bond donors (Lipinski definition) is 0. The molecular formula is C17H17ClO2S. The van der Waals surface area contributed by atoms with E-state index in [0.29, 0.717) is 21.4 Å². The van der Waals surface area contributed by atoms with Gasteiger partial charge in [0, 0.05) is 15.5 Å². The summed E-state index contributed by atoms with van der Waals surface area (Å²) in [6, 6.07) is 14.2. The van der Waals surface area contributed by atoms with Gasteiger partial charge in [-0.05, 0) is 35.7 Å². The summed E-state index contributed by atoms with van der Waals surface area (Å²) in [4.78, 5) is 12.8. The zero-order valence-electron chi connectivity index (χ0n) is 12.0. The Hall–Kier alpha value is -1.45. The molecule has 2 rings (SSSR count). The van der Waals surface area contributed by atoms with Gasteiger partial charge >= 0.3 is 0 Å². The molecule has 1 atom stereocenters. The monoisotopic (exact) mass is 320 g/mol. The van der Waals surface area contributed by atoms with Crippen molar-refractivity contribution in [2.24, 2.45) is 0 Å². The fourth-order valence-corrected chi connectivity index (χ4v) is 3.06. The van der Waals surface area contributed by atoms with Crippen LogP contribution in [0.2, 0.25) is 5.02 Å². The molecule has 0 radical (unpaired) electrons. The van der Waals surface area contributed by atoms with Crippen LogP contribution in [-0.4, -0.2) is 15.7 Å². The van der Waals surface area contributed by atoms with E-state index in [1.54, 1.807) is 36.4 Å². The fourth-order valence-electron chi connectivity index (χ4n) is 1.93. The maximum Gasteiger partial charge on any atom is 0.175 e. The molecule has 0 N–H and O–H groups in total. The van der Waals surface area contributed by atoms with Gasteiger partial charge in [0.1, 0.15) is 0 Å². The van der Waals surface area contributed by atoms with E-state index in [1.807, 2.05) is 12.1 Å². The largest absolute Gasteiger partial charge is 0.293 e. The van der Waals surface area contributed by atoms with Gasteiger partial charge in [-0.15, -0.1) is 0 Å². The third kappa shape index (κ3) is 4.26. The molecule has 0 aliphatic heterocycles. The SMILES string of the molecule is CC(C)c1ccc(C(=O)CS(=O)c2ccc(Cl)cc2)cc1. The zero-order chi connectivity index (χ0) is 15.4. The van der Waals surface area contributed by atoms with Crippen LogP contribution in [0.4, 0.5) is 0 Å². The Balaban J connectivity index is 2.07. The van der Waals surface area contributed by atoms with E-state index in [2.05, 4.69) is 13.8 Å². The molecule has 2 aromatic rings. The molecule has 0 aliphatic rings. The first kappa shape index (κ1) is 15.9. The van der Waals surface area contributed by atoms with Crippen molar-refractivity contribution in [3.63, 3.8) is 0 Å². The highest BCUT2D eigenvalue weighted by Gasteiger charge is 2.12. The first-order valence-corrected chi connectivity index (χ1v) is 8.44. The van der Waals surface area contributed by atoms with Gasteiger partial charge in [-0.25, -0.2) is 0 Å². The maximum absolute atomic E-state index is 12.2. The highest BCUT2D eigenvalue weighted by atomic mass is 35.5. The van der Waals surface area contributed by atoms with E-state index in [0.717, 1.165) is 0 Å². The van der Waals surface area contributed by atoms with E-state index < -0.39 is 10.8 Å². The van der Waals surface area contributed by atoms with Crippen molar-refractivity contribution in [2.45, 2.75) is 24.7 Å². The fraction of sp³-hybridized carbons (Fsp3) is 0.235. The topological polar surface area (TPSA) is 34.1 Å². The standard InChI is InChI=1S/C17H17ClO2S/c1-12(2)13-3-5-14(6-4-13)17(19)11-21(20)16-9-7-15(18)8-10-16/h3-10,12H,11H2,1-2H3. The lowest BCUT2D eigenvalue weighted by Crippen LogP contribution is -2.11. The molecule has 1 unspecified atom stereocenters. The molecule has 0 bridgehead atoms. The number of carbonyl (C=O) groups excluding carboxylic acids is 1. The molecule has 2 aromatic carbocycles. The average Bonchev–Trinajstić information content (AvgIpc) is 2.47. The van der Waals surface area contributed by atoms with Crippen molar-refractivity contribution in [2.75, 3.05) is 5.75 Å². The minimum atomic E-state index is -1.34. The second kappa shape index (κ2) is 7.01. The summed E-state index contributed by atoms with van der Waals surface area (Å²) in [5.41, 5.74) is 1.78. The second-order valence-corrected chi connectivity index (χ2v) is 7.03. The van der Waals surface area contributed by atoms with Gasteiger partial charge in [-0.2, -0.15) is 0 Å². The normalized spacial score (nSPS) is 12.4. The van der Waals surface area contributed by atoms with E-state index in [4.69, 9.17) is 11.6 Å². The smallest absolute Gasteiger partial charge is 0.175 e. The molecule has 2 nitrogen and oxygen atoms in total. The highest BCUT2D eigenvalue weighted by Crippen LogP contribution is 2.17. The van der Waals surface area contributed by atoms with Crippen molar-refractivity contribution < 1.29 is 9.00 Å². The van der Waals surface area contributed by atoms with Crippen LogP contribution in [0.3, 0.4) is 0 Å². The minimum Gasteiger partial charge on any atom is -0.293 e. The number of carbonyl (C=O) groups is 1. The molecule has 0 amide bonds. The number of hydrogen-bond acceptors (Lipinski definition) is 2. The summed E-state index contributed by atoms with van der Waals surface area (Å²) in [6.07, 6.45) is 0. The Morgan fingerprint density at radius 1 is 1.05 bits per heavy atom. The lowest BCUT2D eigenvalue weighted by Gasteiger charge is -2.06. The third-order valence-electron chi connectivity index (χ3n) is 3.24. The van der Waals surface area contributed by atoms with Crippen LogP contribution in [0.25, 0.3) is 0 Å². The van der Waals surface area contributed by atoms with Crippen LogP contribution in [0, 0.1) is 0 Å². The Labute approximate surface area is 132 Å². The molecular weight excluding hydrogens is 304 g/mol. The van der Waals surface area contributed by atoms with Gasteiger partial charge in [0.15, 0.2) is 5.78 Å². The molecule has 0 saturated heterocycles. The second-order valence-electron chi connectivity index (χ2n) is 5.14. The zero-order valence-corrected chi connectivity index (χ0v) is 13.6. The Morgan fingerprint density at radius 2 is 1.62 bits per heavy atom. The first-order valence-electron chi connectivity index (χ1n) is 6.74. The molecule has 0 aromatic heterocycles. The molecule has 0 saturated carbocycles. The van der Waals surface area contributed by atoms with Gasteiger partial charge in [0.25, 0.3) is 0 Å². The van der Waals surface area contributed by atoms with Crippen molar-refractivity contribution in [3.8, 4) is 0 Å². The van der Waals surface area contributed by atoms with Crippen LogP contribution in [0.1, 0.15) is 35.7 Å². The quantitative estimate of drug-likeness (QED) is 0.762. The number of rotatable bonds is 5. The van der Waals surface area contributed by atoms with E-state index in [9.17, 15) is 9.00 Å². The Bertz CT molecular complexity index is 645. The van der Waals surface area contributed by atoms with E-state index in [1.165, 1.54) is 5.56 Å². The maximum atomic E-state index is 12.2. The van der Waals surface area contributed by atoms with Gasteiger partial charge in [0.2, 0.25) is 0 Å². The highest BCUT2D eigenvalue weighted by molar-refractivity contribution is 7.85. The summed E-state index contributed by atoms with van der Waals surface area (Å²) >= 11 is 5.79. The van der Waals surface area contributed by atoms with Gasteiger partial charge in [0.05, 0.1) is 16.6 Å². The molecule has 0 heterocycles. The third-order valence-corrected chi connectivity index (χ3v) is 4.81. The molecule has 4 heteroatoms. The molecule has 21 heavy (non-hydrogen) atoms. The summed E-state index contributed by atoms with van der Waals surface area (Å²) in [6.45, 7) is 4.21. The van der Waals surface area contributed by atoms with Gasteiger partial charge in [-0.3, -0.25) is 9.00 Å². The lowest BCUT2D eigenvalue weighted by atomic mass is 10.0. The summed E-state index contributed by atoms with van der Waals surface area (Å²) in [7, 11) is -1.34. The minimum absolute atomic E-state index is 0.0113. The van der Waals surface area contributed by atoms with Crippen LogP contribution in [0.5, 0.6) is 0 Å². The van der Waals surface area contributed by atoms with Crippen molar-refractivity contribution in [1.29, 1.82) is 0 Å². The van der Waals surface area contributed by atoms with Crippen LogP contribution >= 0.6 is 11.6 Å². The van der Waals surface area contributed by atoms with Crippen LogP contribution < -0.4 is 0 Å². The summed E-state index contributed by atoms with van der Waals surface area (Å²) < 4.78 is 12.2. The average molecular weight is 321 g/mol. The van der Waals surface area contributed by atoms with Crippen molar-refractivity contribution >= 4 is 28.2 Å². The Kier molecular flexibility index (Phi) is 5.32. The molecule has 0 aliphatic carbocycles. The predicted octanol–water partition coefficient (Wildman–Crippen LogP) is 4.45.